The van der Waals surface area contributed by atoms with Gasteiger partial charge in [0, 0.05) is 52.2 Å². The van der Waals surface area contributed by atoms with Crippen LogP contribution < -0.4 is 9.62 Å². The van der Waals surface area contributed by atoms with Crippen LogP contribution in [0.3, 0.4) is 0 Å². The van der Waals surface area contributed by atoms with E-state index in [1.54, 1.807) is 31.6 Å². The fourth-order valence-corrected chi connectivity index (χ4v) is 3.24. The highest BCUT2D eigenvalue weighted by molar-refractivity contribution is 7.92. The van der Waals surface area contributed by atoms with Gasteiger partial charge in [-0.2, -0.15) is 0 Å². The van der Waals surface area contributed by atoms with E-state index in [9.17, 15) is 8.42 Å². The normalized spacial score (nSPS) is 17.3. The summed E-state index contributed by atoms with van der Waals surface area (Å²) in [6.45, 7) is 4.27. The van der Waals surface area contributed by atoms with Crippen LogP contribution in [0.5, 0.6) is 0 Å². The molecular weight excluding hydrogens is 264 g/mol. The van der Waals surface area contributed by atoms with Crippen LogP contribution in [0, 0.1) is 0 Å². The van der Waals surface area contributed by atoms with Gasteiger partial charge in [0.15, 0.2) is 0 Å². The lowest BCUT2D eigenvalue weighted by atomic mass is 10.4. The Morgan fingerprint density at radius 1 is 1.32 bits per heavy atom. The highest BCUT2D eigenvalue weighted by atomic mass is 32.2. The lowest BCUT2D eigenvalue weighted by Gasteiger charge is -2.28. The summed E-state index contributed by atoms with van der Waals surface area (Å²) < 4.78 is 25.8. The predicted octanol–water partition coefficient (Wildman–Crippen LogP) is -0.247. The zero-order valence-electron chi connectivity index (χ0n) is 11.1. The summed E-state index contributed by atoms with van der Waals surface area (Å²) in [7, 11) is -1.68. The van der Waals surface area contributed by atoms with Crippen molar-refractivity contribution >= 4 is 15.7 Å². The molecule has 0 radical (unpaired) electrons. The molecule has 19 heavy (non-hydrogen) atoms. The minimum absolute atomic E-state index is 0.145. The number of sulfonamides is 1. The molecule has 1 saturated heterocycles. The van der Waals surface area contributed by atoms with E-state index < -0.39 is 10.0 Å². The Labute approximate surface area is 114 Å². The van der Waals surface area contributed by atoms with Gasteiger partial charge in [-0.3, -0.25) is 14.2 Å². The van der Waals surface area contributed by atoms with Crippen molar-refractivity contribution in [2.45, 2.75) is 0 Å². The average molecular weight is 284 g/mol. The maximum atomic E-state index is 12.2. The zero-order chi connectivity index (χ0) is 13.7. The maximum Gasteiger partial charge on any atom is 0.236 e. The Morgan fingerprint density at radius 3 is 2.58 bits per heavy atom. The van der Waals surface area contributed by atoms with E-state index >= 15 is 0 Å². The number of hydrogen-bond donors (Lipinski definition) is 1. The molecule has 7 heteroatoms. The molecule has 0 atom stereocenters. The second-order valence-corrected chi connectivity index (χ2v) is 6.70. The molecule has 2 rings (SSSR count). The fraction of sp³-hybridized carbons (Fsp3) is 0.583. The summed E-state index contributed by atoms with van der Waals surface area (Å²) in [4.78, 5) is 6.07. The first-order chi connectivity index (χ1) is 9.09. The molecular formula is C12H20N4O2S. The number of piperazine rings is 1. The summed E-state index contributed by atoms with van der Waals surface area (Å²) in [6, 6.07) is 3.39. The lowest BCUT2D eigenvalue weighted by molar-refractivity contribution is 0.254. The molecule has 1 aliphatic rings. The van der Waals surface area contributed by atoms with Crippen molar-refractivity contribution in [3.05, 3.63) is 24.5 Å². The third kappa shape index (κ3) is 3.89. The van der Waals surface area contributed by atoms with E-state index in [4.69, 9.17) is 0 Å². The van der Waals surface area contributed by atoms with Gasteiger partial charge in [-0.1, -0.05) is 0 Å². The molecule has 1 fully saturated rings. The van der Waals surface area contributed by atoms with E-state index in [1.165, 1.54) is 4.31 Å². The van der Waals surface area contributed by atoms with Gasteiger partial charge in [-0.15, -0.1) is 0 Å². The number of rotatable bonds is 5. The van der Waals surface area contributed by atoms with Gasteiger partial charge in [0.1, 0.15) is 0 Å². The Bertz CT molecular complexity index is 486. The van der Waals surface area contributed by atoms with E-state index in [1.807, 2.05) is 0 Å². The average Bonchev–Trinajstić information content (AvgIpc) is 2.46. The highest BCUT2D eigenvalue weighted by Crippen LogP contribution is 2.14. The number of aromatic nitrogens is 1. The Morgan fingerprint density at radius 2 is 1.95 bits per heavy atom. The number of nitrogens with one attached hydrogen (secondary N) is 1. The molecule has 1 N–H and O–H groups in total. The van der Waals surface area contributed by atoms with Crippen LogP contribution in [0.25, 0.3) is 0 Å². The summed E-state index contributed by atoms with van der Waals surface area (Å²) in [5.74, 6) is 0.145. The van der Waals surface area contributed by atoms with E-state index in [0.717, 1.165) is 26.2 Å². The minimum atomic E-state index is -3.27. The molecule has 0 unspecified atom stereocenters. The molecule has 0 aliphatic carbocycles. The van der Waals surface area contributed by atoms with Gasteiger partial charge < -0.3 is 5.32 Å². The van der Waals surface area contributed by atoms with E-state index in [2.05, 4.69) is 15.2 Å². The topological polar surface area (TPSA) is 65.5 Å². The summed E-state index contributed by atoms with van der Waals surface area (Å²) in [5.41, 5.74) is 0.648. The Hall–Kier alpha value is -1.18. The molecule has 1 aromatic rings. The van der Waals surface area contributed by atoms with Gasteiger partial charge >= 0.3 is 0 Å². The lowest BCUT2D eigenvalue weighted by Crippen LogP contribution is -2.46. The van der Waals surface area contributed by atoms with Gasteiger partial charge in [0.2, 0.25) is 10.0 Å². The quantitative estimate of drug-likeness (QED) is 0.808. The smallest absolute Gasteiger partial charge is 0.236 e. The van der Waals surface area contributed by atoms with Crippen molar-refractivity contribution in [1.82, 2.24) is 15.2 Å². The van der Waals surface area contributed by atoms with Crippen molar-refractivity contribution in [3.8, 4) is 0 Å². The van der Waals surface area contributed by atoms with Crippen molar-refractivity contribution in [2.24, 2.45) is 0 Å². The summed E-state index contributed by atoms with van der Waals surface area (Å²) >= 11 is 0. The van der Waals surface area contributed by atoms with Gasteiger partial charge in [0.05, 0.1) is 11.4 Å². The van der Waals surface area contributed by atoms with Gasteiger partial charge in [-0.25, -0.2) is 8.42 Å². The van der Waals surface area contributed by atoms with Crippen LogP contribution in [-0.2, 0) is 10.0 Å². The van der Waals surface area contributed by atoms with Crippen molar-refractivity contribution in [3.63, 3.8) is 0 Å². The second-order valence-electron chi connectivity index (χ2n) is 4.58. The number of nitrogens with zero attached hydrogens (tertiary/aromatic N) is 3. The molecule has 1 aliphatic heterocycles. The third-order valence-electron chi connectivity index (χ3n) is 3.32. The highest BCUT2D eigenvalue weighted by Gasteiger charge is 2.20. The molecule has 106 valence electrons. The van der Waals surface area contributed by atoms with Gasteiger partial charge in [-0.05, 0) is 12.1 Å². The van der Waals surface area contributed by atoms with Crippen LogP contribution in [0.15, 0.2) is 24.5 Å². The third-order valence-corrected chi connectivity index (χ3v) is 5.06. The molecule has 0 bridgehead atoms. The largest absolute Gasteiger partial charge is 0.314 e. The molecule has 0 spiro atoms. The van der Waals surface area contributed by atoms with Crippen molar-refractivity contribution in [2.75, 3.05) is 49.8 Å². The first kappa shape index (κ1) is 14.2. The molecule has 0 aromatic carbocycles. The van der Waals surface area contributed by atoms with Crippen molar-refractivity contribution < 1.29 is 8.42 Å². The van der Waals surface area contributed by atoms with Crippen LogP contribution in [-0.4, -0.2) is 63.8 Å². The zero-order valence-corrected chi connectivity index (χ0v) is 11.9. The minimum Gasteiger partial charge on any atom is -0.314 e. The summed E-state index contributed by atoms with van der Waals surface area (Å²) in [5, 5.41) is 3.25. The monoisotopic (exact) mass is 284 g/mol. The van der Waals surface area contributed by atoms with E-state index in [0.29, 0.717) is 12.2 Å². The molecule has 2 heterocycles. The van der Waals surface area contributed by atoms with Crippen LogP contribution in [0.1, 0.15) is 0 Å². The number of pyridine rings is 1. The molecule has 6 nitrogen and oxygen atoms in total. The van der Waals surface area contributed by atoms with Crippen LogP contribution in [0.4, 0.5) is 5.69 Å². The SMILES string of the molecule is CN(c1ccncc1)S(=O)(=O)CCN1CCNCC1. The van der Waals surface area contributed by atoms with E-state index in [-0.39, 0.29) is 5.75 Å². The first-order valence-corrected chi connectivity index (χ1v) is 8.00. The maximum absolute atomic E-state index is 12.2. The standard InChI is InChI=1S/C12H20N4O2S/c1-15(12-2-4-13-5-3-12)19(17,18)11-10-16-8-6-14-7-9-16/h2-5,14H,6-11H2,1H3. The first-order valence-electron chi connectivity index (χ1n) is 6.39. The molecule has 0 amide bonds. The number of anilines is 1. The Balaban J connectivity index is 1.94. The van der Waals surface area contributed by atoms with Crippen LogP contribution >= 0.6 is 0 Å². The fourth-order valence-electron chi connectivity index (χ4n) is 2.03. The predicted molar refractivity (Wildman–Crippen MR) is 75.7 cm³/mol. The number of hydrogen-bond acceptors (Lipinski definition) is 5. The summed E-state index contributed by atoms with van der Waals surface area (Å²) in [6.07, 6.45) is 3.19. The molecule has 0 saturated carbocycles. The van der Waals surface area contributed by atoms with Crippen molar-refractivity contribution in [1.29, 1.82) is 0 Å². The molecule has 1 aromatic heterocycles. The van der Waals surface area contributed by atoms with Crippen LogP contribution in [0.2, 0.25) is 0 Å². The second kappa shape index (κ2) is 6.31. The van der Waals surface area contributed by atoms with Gasteiger partial charge in [0.25, 0.3) is 0 Å². The Kier molecular flexibility index (Phi) is 4.73.